The summed E-state index contributed by atoms with van der Waals surface area (Å²) in [7, 11) is -2.54. The monoisotopic (exact) mass is 489 g/mol. The highest BCUT2D eigenvalue weighted by molar-refractivity contribution is 7.91. The van der Waals surface area contributed by atoms with Gasteiger partial charge in [0, 0.05) is 17.2 Å². The molecular weight excluding hydrogens is 466 g/mol. The van der Waals surface area contributed by atoms with Gasteiger partial charge in [0.2, 0.25) is 15.7 Å². The van der Waals surface area contributed by atoms with Crippen LogP contribution in [-0.2, 0) is 21.2 Å². The summed E-state index contributed by atoms with van der Waals surface area (Å²) in [5, 5.41) is 6.72. The van der Waals surface area contributed by atoms with Crippen molar-refractivity contribution in [1.82, 2.24) is 9.78 Å². The van der Waals surface area contributed by atoms with E-state index >= 15 is 0 Å². The Hall–Kier alpha value is -3.17. The van der Waals surface area contributed by atoms with Gasteiger partial charge < -0.3 is 10.1 Å². The summed E-state index contributed by atoms with van der Waals surface area (Å²) in [5.41, 5.74) is 1.47. The zero-order valence-electron chi connectivity index (χ0n) is 18.6. The van der Waals surface area contributed by atoms with Crippen LogP contribution in [0.5, 0.6) is 5.75 Å². The molecule has 0 saturated heterocycles. The number of hydrogen-bond acceptors (Lipinski definition) is 6. The maximum Gasteiger partial charge on any atom is 0.267 e. The number of rotatable bonds is 7. The predicted molar refractivity (Wildman–Crippen MR) is 126 cm³/mol. The molecular formula is C23H24ClN3O5S. The molecule has 1 aromatic heterocycles. The van der Waals surface area contributed by atoms with E-state index in [9.17, 15) is 18.0 Å². The standard InChI is InChI=1S/C23H24ClN3O5S/c1-14(2)16-5-7-17(8-6-16)33(30,31)22-9-10-23(29)27(26-22)13-21(28)25-19-11-15(3)18(24)12-20(19)32-4/h5-12,14H,13H2,1-4H3,(H,25,28). The molecule has 33 heavy (non-hydrogen) atoms. The third-order valence-corrected chi connectivity index (χ3v) is 7.09. The number of benzene rings is 2. The van der Waals surface area contributed by atoms with Gasteiger partial charge in [-0.1, -0.05) is 37.6 Å². The van der Waals surface area contributed by atoms with Crippen LogP contribution in [0.2, 0.25) is 5.02 Å². The fourth-order valence-corrected chi connectivity index (χ4v) is 4.44. The smallest absolute Gasteiger partial charge is 0.267 e. The van der Waals surface area contributed by atoms with Gasteiger partial charge >= 0.3 is 0 Å². The molecule has 1 N–H and O–H groups in total. The summed E-state index contributed by atoms with van der Waals surface area (Å²) in [6.45, 7) is 5.30. The Kier molecular flexibility index (Phi) is 7.24. The Bertz CT molecular complexity index is 1350. The number of ether oxygens (including phenoxy) is 1. The number of hydrogen-bond donors (Lipinski definition) is 1. The summed E-state index contributed by atoms with van der Waals surface area (Å²) in [6, 6.07) is 11.9. The fourth-order valence-electron chi connectivity index (χ4n) is 3.10. The highest BCUT2D eigenvalue weighted by Crippen LogP contribution is 2.31. The second-order valence-electron chi connectivity index (χ2n) is 7.74. The van der Waals surface area contributed by atoms with Gasteiger partial charge in [-0.15, -0.1) is 0 Å². The molecule has 10 heteroatoms. The van der Waals surface area contributed by atoms with Crippen LogP contribution in [0.1, 0.15) is 30.9 Å². The molecule has 1 amide bonds. The molecule has 0 aliphatic rings. The maximum atomic E-state index is 13.0. The number of nitrogens with one attached hydrogen (secondary N) is 1. The van der Waals surface area contributed by atoms with Crippen molar-refractivity contribution in [2.75, 3.05) is 12.4 Å². The van der Waals surface area contributed by atoms with Crippen LogP contribution in [0.4, 0.5) is 5.69 Å². The lowest BCUT2D eigenvalue weighted by Crippen LogP contribution is -2.30. The molecule has 0 bridgehead atoms. The zero-order valence-corrected chi connectivity index (χ0v) is 20.2. The van der Waals surface area contributed by atoms with Crippen LogP contribution in [-0.4, -0.2) is 31.2 Å². The Morgan fingerprint density at radius 3 is 2.42 bits per heavy atom. The van der Waals surface area contributed by atoms with E-state index in [-0.39, 0.29) is 15.8 Å². The van der Waals surface area contributed by atoms with E-state index in [0.29, 0.717) is 16.5 Å². The third kappa shape index (κ3) is 5.43. The molecule has 174 valence electrons. The summed E-state index contributed by atoms with van der Waals surface area (Å²) in [5.74, 6) is 0.0178. The summed E-state index contributed by atoms with van der Waals surface area (Å²) < 4.78 is 32.0. The van der Waals surface area contributed by atoms with Crippen molar-refractivity contribution in [2.24, 2.45) is 0 Å². The minimum absolute atomic E-state index is 0.0513. The van der Waals surface area contributed by atoms with Crippen LogP contribution in [0.25, 0.3) is 0 Å². The third-order valence-electron chi connectivity index (χ3n) is 5.02. The highest BCUT2D eigenvalue weighted by atomic mass is 35.5. The molecule has 0 spiro atoms. The first-order valence-electron chi connectivity index (χ1n) is 10.1. The molecule has 3 aromatic rings. The van der Waals surface area contributed by atoms with Gasteiger partial charge in [0.25, 0.3) is 5.56 Å². The Balaban J connectivity index is 1.87. The minimum Gasteiger partial charge on any atom is -0.495 e. The molecule has 8 nitrogen and oxygen atoms in total. The quantitative estimate of drug-likeness (QED) is 0.540. The number of aromatic nitrogens is 2. The van der Waals surface area contributed by atoms with Crippen molar-refractivity contribution in [3.8, 4) is 5.75 Å². The second-order valence-corrected chi connectivity index (χ2v) is 10.0. The zero-order chi connectivity index (χ0) is 24.3. The lowest BCUT2D eigenvalue weighted by Gasteiger charge is -2.13. The first-order valence-corrected chi connectivity index (χ1v) is 12.0. The van der Waals surface area contributed by atoms with Gasteiger partial charge in [0.05, 0.1) is 17.7 Å². The van der Waals surface area contributed by atoms with Gasteiger partial charge in [-0.2, -0.15) is 5.10 Å². The van der Waals surface area contributed by atoms with Crippen molar-refractivity contribution >= 4 is 33.0 Å². The molecule has 0 atom stereocenters. The predicted octanol–water partition coefficient (Wildman–Crippen LogP) is 3.81. The van der Waals surface area contributed by atoms with E-state index < -0.39 is 27.8 Å². The number of amides is 1. The Morgan fingerprint density at radius 1 is 1.15 bits per heavy atom. The summed E-state index contributed by atoms with van der Waals surface area (Å²) >= 11 is 6.08. The highest BCUT2D eigenvalue weighted by Gasteiger charge is 2.21. The van der Waals surface area contributed by atoms with Crippen molar-refractivity contribution in [2.45, 2.75) is 43.2 Å². The summed E-state index contributed by atoms with van der Waals surface area (Å²) in [4.78, 5) is 24.9. The normalized spacial score (nSPS) is 11.5. The first kappa shape index (κ1) is 24.5. The van der Waals surface area contributed by atoms with Gasteiger partial charge in [0.15, 0.2) is 5.03 Å². The number of sulfone groups is 1. The van der Waals surface area contributed by atoms with Gasteiger partial charge in [0.1, 0.15) is 12.3 Å². The largest absolute Gasteiger partial charge is 0.495 e. The molecule has 0 unspecified atom stereocenters. The van der Waals surface area contributed by atoms with Crippen molar-refractivity contribution in [1.29, 1.82) is 0 Å². The SMILES string of the molecule is COc1cc(Cl)c(C)cc1NC(=O)Cn1nc(S(=O)(=O)c2ccc(C(C)C)cc2)ccc1=O. The Morgan fingerprint density at radius 2 is 1.82 bits per heavy atom. The van der Waals surface area contributed by atoms with E-state index in [0.717, 1.165) is 27.9 Å². The molecule has 2 aromatic carbocycles. The molecule has 1 heterocycles. The van der Waals surface area contributed by atoms with Crippen molar-refractivity contribution in [3.05, 3.63) is 75.0 Å². The van der Waals surface area contributed by atoms with Gasteiger partial charge in [-0.3, -0.25) is 9.59 Å². The van der Waals surface area contributed by atoms with Crippen LogP contribution in [0.3, 0.4) is 0 Å². The molecule has 0 aliphatic heterocycles. The molecule has 0 fully saturated rings. The van der Waals surface area contributed by atoms with Gasteiger partial charge in [-0.25, -0.2) is 13.1 Å². The van der Waals surface area contributed by atoms with E-state index in [4.69, 9.17) is 16.3 Å². The average molecular weight is 490 g/mol. The van der Waals surface area contributed by atoms with E-state index in [2.05, 4.69) is 10.4 Å². The first-order chi connectivity index (χ1) is 15.5. The number of aryl methyl sites for hydroxylation is 1. The lowest BCUT2D eigenvalue weighted by atomic mass is 10.0. The molecule has 0 aliphatic carbocycles. The maximum absolute atomic E-state index is 13.0. The van der Waals surface area contributed by atoms with Gasteiger partial charge in [-0.05, 0) is 48.2 Å². The van der Waals surface area contributed by atoms with Crippen LogP contribution in [0.15, 0.2) is 63.2 Å². The van der Waals surface area contributed by atoms with Crippen molar-refractivity contribution < 1.29 is 17.9 Å². The number of halogens is 1. The number of carbonyl (C=O) groups excluding carboxylic acids is 1. The number of nitrogens with zero attached hydrogens (tertiary/aromatic N) is 2. The minimum atomic E-state index is -3.97. The second kappa shape index (κ2) is 9.76. The topological polar surface area (TPSA) is 107 Å². The molecule has 0 radical (unpaired) electrons. The molecule has 3 rings (SSSR count). The molecule has 0 saturated carbocycles. The average Bonchev–Trinajstić information content (AvgIpc) is 2.77. The fraction of sp³-hybridized carbons (Fsp3) is 0.261. The summed E-state index contributed by atoms with van der Waals surface area (Å²) in [6.07, 6.45) is 0. The van der Waals surface area contributed by atoms with E-state index in [1.165, 1.54) is 19.2 Å². The van der Waals surface area contributed by atoms with Crippen LogP contribution >= 0.6 is 11.6 Å². The van der Waals surface area contributed by atoms with E-state index in [1.807, 2.05) is 13.8 Å². The number of methoxy groups -OCH3 is 1. The number of carbonyl (C=O) groups is 1. The number of anilines is 1. The van der Waals surface area contributed by atoms with Crippen molar-refractivity contribution in [3.63, 3.8) is 0 Å². The van der Waals surface area contributed by atoms with E-state index in [1.54, 1.807) is 31.2 Å². The Labute approximate surface area is 197 Å². The van der Waals surface area contributed by atoms with Crippen LogP contribution in [0, 0.1) is 6.92 Å². The van der Waals surface area contributed by atoms with Crippen LogP contribution < -0.4 is 15.6 Å². The lowest BCUT2D eigenvalue weighted by molar-refractivity contribution is -0.117.